The molecule has 24 heavy (non-hydrogen) atoms. The number of anilines is 1. The Labute approximate surface area is 141 Å². The lowest BCUT2D eigenvalue weighted by molar-refractivity contribution is -0.117. The molecule has 0 unspecified atom stereocenters. The Balaban J connectivity index is 1.48. The summed E-state index contributed by atoms with van der Waals surface area (Å²) in [6.45, 7) is 7.11. The number of carbonyl (C=O) groups is 1. The SMILES string of the molecule is CC(C)c1cc(NC(=O)CN2CCC[C@H](Cn3cncn3)C2)on1. The first kappa shape index (κ1) is 16.6. The summed E-state index contributed by atoms with van der Waals surface area (Å²) < 4.78 is 7.02. The summed E-state index contributed by atoms with van der Waals surface area (Å²) in [5.74, 6) is 1.12. The molecule has 1 saturated heterocycles. The number of hydrogen-bond donors (Lipinski definition) is 1. The number of carbonyl (C=O) groups excluding carboxylic acids is 1. The van der Waals surface area contributed by atoms with Gasteiger partial charge in [0.05, 0.1) is 12.2 Å². The highest BCUT2D eigenvalue weighted by molar-refractivity contribution is 5.90. The Bertz CT molecular complexity index is 651. The van der Waals surface area contributed by atoms with Gasteiger partial charge in [0.25, 0.3) is 0 Å². The van der Waals surface area contributed by atoms with Gasteiger partial charge in [0.1, 0.15) is 12.7 Å². The summed E-state index contributed by atoms with van der Waals surface area (Å²) >= 11 is 0. The second-order valence-corrected chi connectivity index (χ2v) is 6.68. The summed E-state index contributed by atoms with van der Waals surface area (Å²) in [7, 11) is 0. The number of rotatable bonds is 6. The number of nitrogens with zero attached hydrogens (tertiary/aromatic N) is 5. The highest BCUT2D eigenvalue weighted by Gasteiger charge is 2.22. The predicted octanol–water partition coefficient (Wildman–Crippen LogP) is 1.74. The van der Waals surface area contributed by atoms with E-state index < -0.39 is 0 Å². The molecular formula is C16H24N6O2. The molecule has 0 saturated carbocycles. The minimum absolute atomic E-state index is 0.0668. The number of amides is 1. The van der Waals surface area contributed by atoms with Crippen LogP contribution in [0.15, 0.2) is 23.2 Å². The Morgan fingerprint density at radius 2 is 2.38 bits per heavy atom. The third-order valence-corrected chi connectivity index (χ3v) is 4.26. The zero-order valence-electron chi connectivity index (χ0n) is 14.2. The molecule has 1 atom stereocenters. The molecule has 1 fully saturated rings. The van der Waals surface area contributed by atoms with Crippen molar-refractivity contribution in [2.24, 2.45) is 5.92 Å². The molecule has 0 spiro atoms. The van der Waals surface area contributed by atoms with Gasteiger partial charge in [-0.1, -0.05) is 19.0 Å². The minimum Gasteiger partial charge on any atom is -0.338 e. The summed E-state index contributed by atoms with van der Waals surface area (Å²) in [6, 6.07) is 1.78. The maximum Gasteiger partial charge on any atom is 0.240 e. The number of hydrogen-bond acceptors (Lipinski definition) is 6. The van der Waals surface area contributed by atoms with E-state index in [-0.39, 0.29) is 11.8 Å². The highest BCUT2D eigenvalue weighted by Crippen LogP contribution is 2.19. The van der Waals surface area contributed by atoms with Crippen molar-refractivity contribution < 1.29 is 9.32 Å². The normalized spacial score (nSPS) is 18.9. The van der Waals surface area contributed by atoms with Crippen LogP contribution in [0.4, 0.5) is 5.88 Å². The van der Waals surface area contributed by atoms with E-state index >= 15 is 0 Å². The van der Waals surface area contributed by atoms with E-state index in [2.05, 4.69) is 25.5 Å². The van der Waals surface area contributed by atoms with Gasteiger partial charge in [-0.2, -0.15) is 5.10 Å². The van der Waals surface area contributed by atoms with Crippen LogP contribution >= 0.6 is 0 Å². The second-order valence-electron chi connectivity index (χ2n) is 6.68. The molecule has 8 nitrogen and oxygen atoms in total. The van der Waals surface area contributed by atoms with Gasteiger partial charge in [0.15, 0.2) is 0 Å². The highest BCUT2D eigenvalue weighted by atomic mass is 16.5. The fraction of sp³-hybridized carbons (Fsp3) is 0.625. The smallest absolute Gasteiger partial charge is 0.240 e. The molecule has 130 valence electrons. The van der Waals surface area contributed by atoms with Crippen molar-refractivity contribution >= 4 is 11.8 Å². The van der Waals surface area contributed by atoms with Crippen molar-refractivity contribution in [3.8, 4) is 0 Å². The van der Waals surface area contributed by atoms with Crippen LogP contribution in [0.2, 0.25) is 0 Å². The summed E-state index contributed by atoms with van der Waals surface area (Å²) in [5, 5.41) is 10.9. The van der Waals surface area contributed by atoms with Crippen molar-refractivity contribution in [1.29, 1.82) is 0 Å². The van der Waals surface area contributed by atoms with Crippen LogP contribution in [0.1, 0.15) is 38.3 Å². The zero-order valence-corrected chi connectivity index (χ0v) is 14.2. The van der Waals surface area contributed by atoms with Crippen molar-refractivity contribution in [2.75, 3.05) is 25.0 Å². The molecular weight excluding hydrogens is 308 g/mol. The van der Waals surface area contributed by atoms with E-state index in [0.29, 0.717) is 18.3 Å². The number of piperidine rings is 1. The molecule has 0 aliphatic carbocycles. The Hall–Kier alpha value is -2.22. The lowest BCUT2D eigenvalue weighted by Gasteiger charge is -2.31. The predicted molar refractivity (Wildman–Crippen MR) is 88.4 cm³/mol. The molecule has 1 aliphatic rings. The van der Waals surface area contributed by atoms with Crippen molar-refractivity contribution in [3.63, 3.8) is 0 Å². The van der Waals surface area contributed by atoms with Crippen molar-refractivity contribution in [3.05, 3.63) is 24.4 Å². The van der Waals surface area contributed by atoms with Gasteiger partial charge in [-0.15, -0.1) is 0 Å². The molecule has 1 aliphatic heterocycles. The lowest BCUT2D eigenvalue weighted by atomic mass is 9.98. The van der Waals surface area contributed by atoms with Crippen molar-refractivity contribution in [2.45, 2.75) is 39.2 Å². The van der Waals surface area contributed by atoms with Gasteiger partial charge in [-0.25, -0.2) is 4.98 Å². The Morgan fingerprint density at radius 1 is 1.50 bits per heavy atom. The molecule has 2 aromatic heterocycles. The van der Waals surface area contributed by atoms with Gasteiger partial charge in [0, 0.05) is 19.2 Å². The third kappa shape index (κ3) is 4.41. The van der Waals surface area contributed by atoms with Gasteiger partial charge in [-0.3, -0.25) is 19.7 Å². The summed E-state index contributed by atoms with van der Waals surface area (Å²) in [6.07, 6.45) is 5.53. The fourth-order valence-corrected chi connectivity index (χ4v) is 3.04. The molecule has 0 bridgehead atoms. The topological polar surface area (TPSA) is 89.1 Å². The Kier molecular flexibility index (Phi) is 5.24. The van der Waals surface area contributed by atoms with E-state index in [1.165, 1.54) is 0 Å². The van der Waals surface area contributed by atoms with Gasteiger partial charge in [-0.05, 0) is 31.2 Å². The second kappa shape index (κ2) is 7.57. The molecule has 2 aromatic rings. The molecule has 1 amide bonds. The average Bonchev–Trinajstić information content (AvgIpc) is 3.19. The summed E-state index contributed by atoms with van der Waals surface area (Å²) in [4.78, 5) is 18.4. The zero-order chi connectivity index (χ0) is 16.9. The summed E-state index contributed by atoms with van der Waals surface area (Å²) in [5.41, 5.74) is 0.844. The van der Waals surface area contributed by atoms with Crippen LogP contribution in [0, 0.1) is 5.92 Å². The first-order valence-electron chi connectivity index (χ1n) is 8.41. The number of nitrogens with one attached hydrogen (secondary N) is 1. The van der Waals surface area contributed by atoms with Crippen LogP contribution in [0.3, 0.4) is 0 Å². The quantitative estimate of drug-likeness (QED) is 0.867. The van der Waals surface area contributed by atoms with Gasteiger partial charge in [0.2, 0.25) is 11.8 Å². The van der Waals surface area contributed by atoms with E-state index in [1.54, 1.807) is 18.7 Å². The molecule has 0 aromatic carbocycles. The molecule has 8 heteroatoms. The van der Waals surface area contributed by atoms with Crippen LogP contribution in [0.5, 0.6) is 0 Å². The van der Waals surface area contributed by atoms with Crippen LogP contribution in [-0.2, 0) is 11.3 Å². The van der Waals surface area contributed by atoms with Gasteiger partial charge >= 0.3 is 0 Å². The molecule has 3 rings (SSSR count). The van der Waals surface area contributed by atoms with E-state index in [4.69, 9.17) is 4.52 Å². The first-order chi connectivity index (χ1) is 11.6. The average molecular weight is 332 g/mol. The van der Waals surface area contributed by atoms with E-state index in [0.717, 1.165) is 38.2 Å². The monoisotopic (exact) mass is 332 g/mol. The third-order valence-electron chi connectivity index (χ3n) is 4.26. The first-order valence-corrected chi connectivity index (χ1v) is 8.41. The number of likely N-dealkylation sites (tertiary alicyclic amines) is 1. The van der Waals surface area contributed by atoms with Crippen LogP contribution < -0.4 is 5.32 Å². The maximum absolute atomic E-state index is 12.2. The van der Waals surface area contributed by atoms with Crippen LogP contribution in [0.25, 0.3) is 0 Å². The lowest BCUT2D eigenvalue weighted by Crippen LogP contribution is -2.41. The van der Waals surface area contributed by atoms with E-state index in [9.17, 15) is 4.79 Å². The largest absolute Gasteiger partial charge is 0.338 e. The minimum atomic E-state index is -0.0668. The van der Waals surface area contributed by atoms with Crippen LogP contribution in [-0.4, -0.2) is 50.4 Å². The standard InChI is InChI=1S/C16H24N6O2/c1-12(2)14-6-16(24-20-14)19-15(23)9-21-5-3-4-13(7-21)8-22-11-17-10-18-22/h6,10-13H,3-5,7-9H2,1-2H3,(H,19,23)/t13-/m0/s1. The Morgan fingerprint density at radius 3 is 3.08 bits per heavy atom. The molecule has 3 heterocycles. The molecule has 0 radical (unpaired) electrons. The molecule has 1 N–H and O–H groups in total. The fourth-order valence-electron chi connectivity index (χ4n) is 3.04. The van der Waals surface area contributed by atoms with E-state index in [1.807, 2.05) is 18.5 Å². The maximum atomic E-state index is 12.2. The van der Waals surface area contributed by atoms with Gasteiger partial charge < -0.3 is 4.52 Å². The van der Waals surface area contributed by atoms with Crippen molar-refractivity contribution in [1.82, 2.24) is 24.8 Å². The number of aromatic nitrogens is 4.